The molecular weight excluding hydrogens is 236 g/mol. The summed E-state index contributed by atoms with van der Waals surface area (Å²) >= 11 is 0. The molecule has 0 aliphatic heterocycles. The molecule has 7 heteroatoms. The van der Waals surface area contributed by atoms with E-state index in [-0.39, 0.29) is 18.2 Å². The van der Waals surface area contributed by atoms with Gasteiger partial charge in [-0.2, -0.15) is 0 Å². The molecule has 1 aromatic rings. The van der Waals surface area contributed by atoms with Gasteiger partial charge in [0.05, 0.1) is 12.8 Å². The standard InChI is InChI=1S/C11H18N4O3/c1-3-13-9(16)7-15(2)6-8-4-5-18-10(8)11(17)14-12/h4-5H,3,6-7,12H2,1-2H3,(H,13,16)(H,14,17). The lowest BCUT2D eigenvalue weighted by atomic mass is 10.2. The lowest BCUT2D eigenvalue weighted by molar-refractivity contribution is -0.121. The maximum absolute atomic E-state index is 11.4. The van der Waals surface area contributed by atoms with Crippen LogP contribution in [0.4, 0.5) is 0 Å². The summed E-state index contributed by atoms with van der Waals surface area (Å²) in [4.78, 5) is 24.5. The monoisotopic (exact) mass is 254 g/mol. The van der Waals surface area contributed by atoms with Gasteiger partial charge in [-0.05, 0) is 20.0 Å². The minimum Gasteiger partial charge on any atom is -0.459 e. The van der Waals surface area contributed by atoms with Crippen molar-refractivity contribution in [3.05, 3.63) is 23.7 Å². The van der Waals surface area contributed by atoms with Crippen LogP contribution in [0.25, 0.3) is 0 Å². The van der Waals surface area contributed by atoms with Crippen LogP contribution in [0.1, 0.15) is 23.0 Å². The highest BCUT2D eigenvalue weighted by molar-refractivity contribution is 5.92. The number of carbonyl (C=O) groups excluding carboxylic acids is 2. The van der Waals surface area contributed by atoms with Crippen molar-refractivity contribution in [2.75, 3.05) is 20.1 Å². The number of nitrogens with zero attached hydrogens (tertiary/aromatic N) is 1. The highest BCUT2D eigenvalue weighted by atomic mass is 16.3. The Balaban J connectivity index is 2.59. The molecule has 2 amide bonds. The first kappa shape index (κ1) is 14.2. The van der Waals surface area contributed by atoms with Crippen LogP contribution in [0.3, 0.4) is 0 Å². The number of rotatable bonds is 6. The van der Waals surface area contributed by atoms with E-state index in [1.165, 1.54) is 6.26 Å². The van der Waals surface area contributed by atoms with E-state index in [4.69, 9.17) is 10.3 Å². The molecule has 0 unspecified atom stereocenters. The average molecular weight is 254 g/mol. The van der Waals surface area contributed by atoms with Gasteiger partial charge in [-0.3, -0.25) is 19.9 Å². The third-order valence-corrected chi connectivity index (χ3v) is 2.31. The molecule has 0 aliphatic rings. The molecule has 1 rings (SSSR count). The fourth-order valence-corrected chi connectivity index (χ4v) is 1.57. The first-order valence-corrected chi connectivity index (χ1v) is 5.61. The van der Waals surface area contributed by atoms with Crippen LogP contribution in [-0.4, -0.2) is 36.9 Å². The van der Waals surface area contributed by atoms with Gasteiger partial charge in [0.2, 0.25) is 5.91 Å². The second-order valence-corrected chi connectivity index (χ2v) is 3.87. The molecule has 0 saturated carbocycles. The van der Waals surface area contributed by atoms with Gasteiger partial charge in [-0.25, -0.2) is 5.84 Å². The Kier molecular flexibility index (Phi) is 5.34. The van der Waals surface area contributed by atoms with Crippen molar-refractivity contribution in [3.63, 3.8) is 0 Å². The molecule has 100 valence electrons. The Morgan fingerprint density at radius 2 is 2.22 bits per heavy atom. The number of hydrogen-bond donors (Lipinski definition) is 3. The lowest BCUT2D eigenvalue weighted by Gasteiger charge is -2.15. The van der Waals surface area contributed by atoms with Crippen LogP contribution in [0, 0.1) is 0 Å². The Labute approximate surface area is 105 Å². The summed E-state index contributed by atoms with van der Waals surface area (Å²) < 4.78 is 5.05. The van der Waals surface area contributed by atoms with E-state index in [0.29, 0.717) is 18.7 Å². The lowest BCUT2D eigenvalue weighted by Crippen LogP contribution is -2.35. The molecule has 0 saturated heterocycles. The molecule has 0 radical (unpaired) electrons. The molecule has 18 heavy (non-hydrogen) atoms. The van der Waals surface area contributed by atoms with E-state index >= 15 is 0 Å². The highest BCUT2D eigenvalue weighted by Crippen LogP contribution is 2.12. The molecule has 1 aromatic heterocycles. The van der Waals surface area contributed by atoms with Crippen molar-refractivity contribution in [1.29, 1.82) is 0 Å². The van der Waals surface area contributed by atoms with Gasteiger partial charge < -0.3 is 9.73 Å². The molecule has 0 fully saturated rings. The molecule has 7 nitrogen and oxygen atoms in total. The number of likely N-dealkylation sites (N-methyl/N-ethyl adjacent to an activating group) is 2. The highest BCUT2D eigenvalue weighted by Gasteiger charge is 2.16. The van der Waals surface area contributed by atoms with Crippen LogP contribution in [0.2, 0.25) is 0 Å². The normalized spacial score (nSPS) is 10.4. The third kappa shape index (κ3) is 3.86. The van der Waals surface area contributed by atoms with Crippen LogP contribution in [0.15, 0.2) is 16.7 Å². The van der Waals surface area contributed by atoms with Crippen molar-refractivity contribution >= 4 is 11.8 Å². The average Bonchev–Trinajstić information content (AvgIpc) is 2.76. The molecular formula is C11H18N4O3. The van der Waals surface area contributed by atoms with E-state index in [9.17, 15) is 9.59 Å². The van der Waals surface area contributed by atoms with Gasteiger partial charge in [-0.1, -0.05) is 0 Å². The Morgan fingerprint density at radius 1 is 1.50 bits per heavy atom. The first-order valence-electron chi connectivity index (χ1n) is 5.61. The summed E-state index contributed by atoms with van der Waals surface area (Å²) in [5, 5.41) is 2.70. The zero-order chi connectivity index (χ0) is 13.5. The Bertz CT molecular complexity index is 416. The van der Waals surface area contributed by atoms with Crippen LogP contribution < -0.4 is 16.6 Å². The van der Waals surface area contributed by atoms with Gasteiger partial charge in [0.25, 0.3) is 0 Å². The topological polar surface area (TPSA) is 101 Å². The number of amides is 2. The quantitative estimate of drug-likeness (QED) is 0.359. The zero-order valence-corrected chi connectivity index (χ0v) is 10.5. The molecule has 0 atom stereocenters. The predicted octanol–water partition coefficient (Wildman–Crippen LogP) is -0.549. The largest absolute Gasteiger partial charge is 0.459 e. The molecule has 0 aromatic carbocycles. The van der Waals surface area contributed by atoms with Crippen molar-refractivity contribution in [2.24, 2.45) is 5.84 Å². The zero-order valence-electron chi connectivity index (χ0n) is 10.5. The molecule has 1 heterocycles. The SMILES string of the molecule is CCNC(=O)CN(C)Cc1ccoc1C(=O)NN. The summed E-state index contributed by atoms with van der Waals surface area (Å²) in [6.45, 7) is 3.13. The fraction of sp³-hybridized carbons (Fsp3) is 0.455. The number of nitrogens with two attached hydrogens (primary N) is 1. The molecule has 0 aliphatic carbocycles. The minimum absolute atomic E-state index is 0.0617. The predicted molar refractivity (Wildman–Crippen MR) is 65.4 cm³/mol. The smallest absolute Gasteiger partial charge is 0.301 e. The Hall–Kier alpha value is -1.86. The summed E-state index contributed by atoms with van der Waals surface area (Å²) in [7, 11) is 1.78. The molecule has 0 bridgehead atoms. The number of furan rings is 1. The van der Waals surface area contributed by atoms with E-state index in [2.05, 4.69) is 5.32 Å². The van der Waals surface area contributed by atoms with Crippen molar-refractivity contribution in [2.45, 2.75) is 13.5 Å². The van der Waals surface area contributed by atoms with E-state index in [1.54, 1.807) is 18.0 Å². The maximum Gasteiger partial charge on any atom is 0.301 e. The number of hydrogen-bond acceptors (Lipinski definition) is 5. The Morgan fingerprint density at radius 3 is 2.83 bits per heavy atom. The maximum atomic E-state index is 11.4. The molecule has 0 spiro atoms. The first-order chi connectivity index (χ1) is 8.58. The van der Waals surface area contributed by atoms with Gasteiger partial charge in [0.15, 0.2) is 5.76 Å². The van der Waals surface area contributed by atoms with E-state index in [1.807, 2.05) is 12.3 Å². The minimum atomic E-state index is -0.485. The summed E-state index contributed by atoms with van der Waals surface area (Å²) in [6, 6.07) is 1.68. The third-order valence-electron chi connectivity index (χ3n) is 2.31. The number of carbonyl (C=O) groups is 2. The molecule has 4 N–H and O–H groups in total. The van der Waals surface area contributed by atoms with Crippen molar-refractivity contribution < 1.29 is 14.0 Å². The fourth-order valence-electron chi connectivity index (χ4n) is 1.57. The summed E-state index contributed by atoms with van der Waals surface area (Å²) in [5.74, 6) is 4.67. The number of nitrogen functional groups attached to an aromatic ring is 1. The number of nitrogens with one attached hydrogen (secondary N) is 2. The van der Waals surface area contributed by atoms with E-state index < -0.39 is 5.91 Å². The van der Waals surface area contributed by atoms with Crippen LogP contribution >= 0.6 is 0 Å². The summed E-state index contributed by atoms with van der Waals surface area (Å²) in [5.41, 5.74) is 2.70. The second-order valence-electron chi connectivity index (χ2n) is 3.87. The second kappa shape index (κ2) is 6.77. The van der Waals surface area contributed by atoms with Crippen molar-refractivity contribution in [3.8, 4) is 0 Å². The number of hydrazine groups is 1. The summed E-state index contributed by atoms with van der Waals surface area (Å²) in [6.07, 6.45) is 1.42. The van der Waals surface area contributed by atoms with Gasteiger partial charge in [0, 0.05) is 18.7 Å². The van der Waals surface area contributed by atoms with Gasteiger partial charge >= 0.3 is 5.91 Å². The van der Waals surface area contributed by atoms with Crippen LogP contribution in [-0.2, 0) is 11.3 Å². The van der Waals surface area contributed by atoms with Crippen molar-refractivity contribution in [1.82, 2.24) is 15.6 Å². The van der Waals surface area contributed by atoms with Gasteiger partial charge in [-0.15, -0.1) is 0 Å². The van der Waals surface area contributed by atoms with E-state index in [0.717, 1.165) is 0 Å². The van der Waals surface area contributed by atoms with Gasteiger partial charge in [0.1, 0.15) is 0 Å². The van der Waals surface area contributed by atoms with Crippen LogP contribution in [0.5, 0.6) is 0 Å².